The Bertz CT molecular complexity index is 1180. The molecule has 3 aromatic rings. The molecule has 1 fully saturated rings. The van der Waals surface area contributed by atoms with Crippen LogP contribution >= 0.6 is 0 Å². The summed E-state index contributed by atoms with van der Waals surface area (Å²) in [6.45, 7) is 5.74. The molecule has 9 heteroatoms. The molecule has 1 aromatic heterocycles. The predicted octanol–water partition coefficient (Wildman–Crippen LogP) is 4.43. The Hall–Kier alpha value is -3.62. The molecule has 4 rings (SSSR count). The number of ether oxygens (including phenoxy) is 1. The molecular weight excluding hydrogens is 457 g/mol. The molecule has 35 heavy (non-hydrogen) atoms. The van der Waals surface area contributed by atoms with E-state index in [1.165, 1.54) is 12.1 Å². The maximum atomic E-state index is 13.2. The van der Waals surface area contributed by atoms with Crippen molar-refractivity contribution in [3.05, 3.63) is 82.8 Å². The highest BCUT2D eigenvalue weighted by atomic mass is 19.4. The molecule has 1 amide bonds. The van der Waals surface area contributed by atoms with Gasteiger partial charge in [0, 0.05) is 43.9 Å². The first-order valence-electron chi connectivity index (χ1n) is 11.4. The highest BCUT2D eigenvalue weighted by Crippen LogP contribution is 2.31. The summed E-state index contributed by atoms with van der Waals surface area (Å²) >= 11 is 0. The molecule has 0 spiro atoms. The summed E-state index contributed by atoms with van der Waals surface area (Å²) in [5, 5.41) is 0. The average Bonchev–Trinajstić information content (AvgIpc) is 2.84. The van der Waals surface area contributed by atoms with E-state index in [-0.39, 0.29) is 18.9 Å². The number of rotatable bonds is 6. The van der Waals surface area contributed by atoms with E-state index in [0.29, 0.717) is 49.1 Å². The van der Waals surface area contributed by atoms with Gasteiger partial charge in [0.2, 0.25) is 0 Å². The fraction of sp³-hybridized carbons (Fsp3) is 0.346. The summed E-state index contributed by atoms with van der Waals surface area (Å²) in [5.41, 5.74) is 1.40. The summed E-state index contributed by atoms with van der Waals surface area (Å²) < 4.78 is 45.1. The van der Waals surface area contributed by atoms with Gasteiger partial charge in [-0.2, -0.15) is 13.2 Å². The number of aryl methyl sites for hydroxylation is 2. The van der Waals surface area contributed by atoms with E-state index < -0.39 is 11.7 Å². The van der Waals surface area contributed by atoms with Crippen molar-refractivity contribution in [1.29, 1.82) is 0 Å². The summed E-state index contributed by atoms with van der Waals surface area (Å²) in [7, 11) is 0. The Morgan fingerprint density at radius 2 is 1.69 bits per heavy atom. The topological polar surface area (TPSA) is 58.6 Å². The van der Waals surface area contributed by atoms with Crippen molar-refractivity contribution in [2.45, 2.75) is 26.4 Å². The Morgan fingerprint density at radius 3 is 2.37 bits per heavy atom. The van der Waals surface area contributed by atoms with Crippen molar-refractivity contribution in [2.24, 2.45) is 0 Å². The Labute approximate surface area is 202 Å². The number of hydrogen-bond donors (Lipinski definition) is 0. The van der Waals surface area contributed by atoms with E-state index in [0.717, 1.165) is 17.3 Å². The lowest BCUT2D eigenvalue weighted by molar-refractivity contribution is -0.137. The normalized spacial score (nSPS) is 14.2. The zero-order valence-electron chi connectivity index (χ0n) is 19.7. The summed E-state index contributed by atoms with van der Waals surface area (Å²) in [5.74, 6) is 1.86. The van der Waals surface area contributed by atoms with Gasteiger partial charge in [-0.1, -0.05) is 36.4 Å². The largest absolute Gasteiger partial charge is 0.484 e. The van der Waals surface area contributed by atoms with E-state index >= 15 is 0 Å². The van der Waals surface area contributed by atoms with Gasteiger partial charge in [-0.05, 0) is 37.6 Å². The number of alkyl halides is 3. The van der Waals surface area contributed by atoms with E-state index in [1.54, 1.807) is 30.0 Å². The number of hydrogen-bond acceptors (Lipinski definition) is 5. The lowest BCUT2D eigenvalue weighted by atomic mass is 10.0. The average molecular weight is 485 g/mol. The Kier molecular flexibility index (Phi) is 7.23. The van der Waals surface area contributed by atoms with Crippen LogP contribution < -0.4 is 9.64 Å². The quantitative estimate of drug-likeness (QED) is 0.518. The summed E-state index contributed by atoms with van der Waals surface area (Å²) in [6, 6.07) is 14.5. The minimum atomic E-state index is -4.40. The van der Waals surface area contributed by atoms with Crippen LogP contribution in [-0.4, -0.2) is 53.6 Å². The molecule has 0 atom stereocenters. The number of carbonyl (C=O) groups excluding carboxylic acids is 1. The second-order valence-corrected chi connectivity index (χ2v) is 8.50. The van der Waals surface area contributed by atoms with Gasteiger partial charge >= 0.3 is 6.18 Å². The first-order valence-corrected chi connectivity index (χ1v) is 11.4. The predicted molar refractivity (Wildman–Crippen MR) is 126 cm³/mol. The van der Waals surface area contributed by atoms with Crippen molar-refractivity contribution in [2.75, 3.05) is 37.7 Å². The molecule has 2 heterocycles. The third-order valence-electron chi connectivity index (χ3n) is 5.98. The van der Waals surface area contributed by atoms with Crippen LogP contribution in [0, 0.1) is 13.8 Å². The number of para-hydroxylation sites is 1. The first kappa shape index (κ1) is 24.5. The zero-order chi connectivity index (χ0) is 25.0. The van der Waals surface area contributed by atoms with E-state index in [2.05, 4.69) is 14.9 Å². The lowest BCUT2D eigenvalue weighted by Crippen LogP contribution is -2.50. The Morgan fingerprint density at radius 1 is 0.971 bits per heavy atom. The van der Waals surface area contributed by atoms with Gasteiger partial charge in [-0.15, -0.1) is 0 Å². The molecule has 6 nitrogen and oxygen atoms in total. The highest BCUT2D eigenvalue weighted by Gasteiger charge is 2.31. The maximum absolute atomic E-state index is 13.2. The zero-order valence-corrected chi connectivity index (χ0v) is 19.7. The van der Waals surface area contributed by atoms with Crippen LogP contribution in [0.15, 0.2) is 54.6 Å². The monoisotopic (exact) mass is 484 g/mol. The Balaban J connectivity index is 1.46. The van der Waals surface area contributed by atoms with Gasteiger partial charge in [0.15, 0.2) is 6.61 Å². The van der Waals surface area contributed by atoms with Gasteiger partial charge in [0.05, 0.1) is 5.56 Å². The number of carbonyl (C=O) groups is 1. The first-order chi connectivity index (χ1) is 16.7. The number of anilines is 1. The lowest BCUT2D eigenvalue weighted by Gasteiger charge is -2.36. The molecule has 0 bridgehead atoms. The minimum absolute atomic E-state index is 0.0312. The van der Waals surface area contributed by atoms with Crippen LogP contribution in [0.2, 0.25) is 0 Å². The summed E-state index contributed by atoms with van der Waals surface area (Å²) in [4.78, 5) is 25.5. The molecular formula is C26H27F3N4O2. The van der Waals surface area contributed by atoms with Crippen LogP contribution in [0.25, 0.3) is 0 Å². The standard InChI is InChI=1S/C26H27F3N4O2/c1-18-23(16-20-7-6-8-21(15-20)26(27,28)29)25(31-19(2)30-18)33-13-11-32(12-14-33)24(34)17-35-22-9-4-3-5-10-22/h3-10,15H,11-14,16-17H2,1-2H3. The number of amides is 1. The number of aromatic nitrogens is 2. The smallest absolute Gasteiger partial charge is 0.416 e. The number of nitrogens with zero attached hydrogens (tertiary/aromatic N) is 4. The van der Waals surface area contributed by atoms with Gasteiger partial charge in [-0.3, -0.25) is 4.79 Å². The van der Waals surface area contributed by atoms with Crippen molar-refractivity contribution < 1.29 is 22.7 Å². The fourth-order valence-electron chi connectivity index (χ4n) is 4.17. The molecule has 0 saturated carbocycles. The number of piperazine rings is 1. The molecule has 0 unspecified atom stereocenters. The molecule has 1 aliphatic heterocycles. The maximum Gasteiger partial charge on any atom is 0.416 e. The van der Waals surface area contributed by atoms with Crippen LogP contribution in [0.3, 0.4) is 0 Å². The second kappa shape index (κ2) is 10.3. The van der Waals surface area contributed by atoms with Crippen molar-refractivity contribution >= 4 is 11.7 Å². The third kappa shape index (κ3) is 6.09. The van der Waals surface area contributed by atoms with Gasteiger partial charge in [-0.25, -0.2) is 9.97 Å². The van der Waals surface area contributed by atoms with E-state index in [4.69, 9.17) is 4.74 Å². The van der Waals surface area contributed by atoms with Crippen LogP contribution in [-0.2, 0) is 17.4 Å². The van der Waals surface area contributed by atoms with Crippen LogP contribution in [0.1, 0.15) is 28.2 Å². The molecule has 0 N–H and O–H groups in total. The second-order valence-electron chi connectivity index (χ2n) is 8.50. The van der Waals surface area contributed by atoms with Crippen LogP contribution in [0.4, 0.5) is 19.0 Å². The summed E-state index contributed by atoms with van der Waals surface area (Å²) in [6.07, 6.45) is -4.11. The van der Waals surface area contributed by atoms with Crippen molar-refractivity contribution in [3.63, 3.8) is 0 Å². The van der Waals surface area contributed by atoms with Gasteiger partial charge < -0.3 is 14.5 Å². The van der Waals surface area contributed by atoms with Gasteiger partial charge in [0.25, 0.3) is 5.91 Å². The minimum Gasteiger partial charge on any atom is -0.484 e. The van der Waals surface area contributed by atoms with E-state index in [9.17, 15) is 18.0 Å². The third-order valence-corrected chi connectivity index (χ3v) is 5.98. The fourth-order valence-corrected chi connectivity index (χ4v) is 4.17. The highest BCUT2D eigenvalue weighted by molar-refractivity contribution is 5.78. The molecule has 0 radical (unpaired) electrons. The molecule has 1 saturated heterocycles. The van der Waals surface area contributed by atoms with Crippen molar-refractivity contribution in [1.82, 2.24) is 14.9 Å². The number of halogens is 3. The van der Waals surface area contributed by atoms with Crippen LogP contribution in [0.5, 0.6) is 5.75 Å². The number of benzene rings is 2. The SMILES string of the molecule is Cc1nc(C)c(Cc2cccc(C(F)(F)F)c2)c(N2CCN(C(=O)COc3ccccc3)CC2)n1. The van der Waals surface area contributed by atoms with Crippen molar-refractivity contribution in [3.8, 4) is 5.75 Å². The molecule has 1 aliphatic rings. The molecule has 2 aromatic carbocycles. The molecule has 0 aliphatic carbocycles. The van der Waals surface area contributed by atoms with Gasteiger partial charge in [0.1, 0.15) is 17.4 Å². The molecule has 184 valence electrons. The van der Waals surface area contributed by atoms with E-state index in [1.807, 2.05) is 25.1 Å².